The van der Waals surface area contributed by atoms with Crippen LogP contribution < -0.4 is 10.6 Å². The van der Waals surface area contributed by atoms with Crippen molar-refractivity contribution in [3.8, 4) is 0 Å². The molecule has 3 rings (SSSR count). The molecule has 0 spiro atoms. The summed E-state index contributed by atoms with van der Waals surface area (Å²) >= 11 is 0. The molecule has 2 aromatic carbocycles. The lowest BCUT2D eigenvalue weighted by Crippen LogP contribution is -2.36. The number of hydrogen-bond donors (Lipinski definition) is 2. The maximum absolute atomic E-state index is 12.1. The van der Waals surface area contributed by atoms with Crippen LogP contribution in [0, 0.1) is 0 Å². The molecule has 0 atom stereocenters. The quantitative estimate of drug-likeness (QED) is 0.445. The lowest BCUT2D eigenvalue weighted by Gasteiger charge is -2.15. The molecule has 0 amide bonds. The SMILES string of the molecule is CN=C(NCc1ccc(COCC(F)(F)F)cc1)NCc1ccc(CN2CCCC2)cc1. The Hall–Kier alpha value is -2.58. The molecule has 0 unspecified atom stereocenters. The minimum atomic E-state index is -4.30. The van der Waals surface area contributed by atoms with Gasteiger partial charge in [-0.3, -0.25) is 9.89 Å². The smallest absolute Gasteiger partial charge is 0.367 e. The van der Waals surface area contributed by atoms with Gasteiger partial charge in [0.1, 0.15) is 6.61 Å². The number of alkyl halides is 3. The van der Waals surface area contributed by atoms with Crippen LogP contribution in [0.5, 0.6) is 0 Å². The van der Waals surface area contributed by atoms with Crippen LogP contribution in [-0.4, -0.2) is 43.8 Å². The lowest BCUT2D eigenvalue weighted by molar-refractivity contribution is -0.176. The van der Waals surface area contributed by atoms with Crippen LogP contribution in [0.4, 0.5) is 13.2 Å². The molecule has 1 aliphatic rings. The molecular formula is C24H31F3N4O. The van der Waals surface area contributed by atoms with Crippen molar-refractivity contribution in [1.82, 2.24) is 15.5 Å². The second-order valence-corrected chi connectivity index (χ2v) is 8.00. The summed E-state index contributed by atoms with van der Waals surface area (Å²) in [6.45, 7) is 3.33. The average molecular weight is 449 g/mol. The van der Waals surface area contributed by atoms with Gasteiger partial charge in [-0.2, -0.15) is 13.2 Å². The summed E-state index contributed by atoms with van der Waals surface area (Å²) in [7, 11) is 1.72. The molecule has 0 bridgehead atoms. The van der Waals surface area contributed by atoms with Gasteiger partial charge in [-0.1, -0.05) is 48.5 Å². The van der Waals surface area contributed by atoms with E-state index < -0.39 is 12.8 Å². The van der Waals surface area contributed by atoms with Gasteiger partial charge < -0.3 is 15.4 Å². The molecule has 0 radical (unpaired) electrons. The van der Waals surface area contributed by atoms with E-state index in [1.54, 1.807) is 19.2 Å². The first kappa shape index (κ1) is 24.1. The molecule has 8 heteroatoms. The zero-order valence-electron chi connectivity index (χ0n) is 18.4. The topological polar surface area (TPSA) is 48.9 Å². The molecule has 0 saturated carbocycles. The van der Waals surface area contributed by atoms with Gasteiger partial charge in [-0.25, -0.2) is 0 Å². The van der Waals surface area contributed by atoms with Crippen molar-refractivity contribution in [3.05, 3.63) is 70.8 Å². The van der Waals surface area contributed by atoms with Crippen molar-refractivity contribution < 1.29 is 17.9 Å². The van der Waals surface area contributed by atoms with Crippen LogP contribution in [0.1, 0.15) is 35.1 Å². The summed E-state index contributed by atoms with van der Waals surface area (Å²) < 4.78 is 41.1. The number of halogens is 3. The van der Waals surface area contributed by atoms with E-state index in [1.807, 2.05) is 12.1 Å². The zero-order chi connectivity index (χ0) is 22.8. The second kappa shape index (κ2) is 11.9. The summed E-state index contributed by atoms with van der Waals surface area (Å²) in [5.74, 6) is 0.684. The molecule has 32 heavy (non-hydrogen) atoms. The predicted molar refractivity (Wildman–Crippen MR) is 120 cm³/mol. The van der Waals surface area contributed by atoms with E-state index in [1.165, 1.54) is 37.1 Å². The van der Waals surface area contributed by atoms with Crippen LogP contribution in [0.15, 0.2) is 53.5 Å². The number of aliphatic imine (C=N–C) groups is 1. The van der Waals surface area contributed by atoms with Gasteiger partial charge in [0.05, 0.1) is 6.61 Å². The van der Waals surface area contributed by atoms with Crippen LogP contribution >= 0.6 is 0 Å². The van der Waals surface area contributed by atoms with Crippen molar-refractivity contribution in [3.63, 3.8) is 0 Å². The fourth-order valence-electron chi connectivity index (χ4n) is 3.59. The van der Waals surface area contributed by atoms with Gasteiger partial charge in [0.15, 0.2) is 5.96 Å². The monoisotopic (exact) mass is 448 g/mol. The van der Waals surface area contributed by atoms with E-state index in [4.69, 9.17) is 0 Å². The molecule has 0 aliphatic carbocycles. The third-order valence-electron chi connectivity index (χ3n) is 5.33. The first-order chi connectivity index (χ1) is 15.4. The largest absolute Gasteiger partial charge is 0.411 e. The Labute approximate surface area is 187 Å². The Morgan fingerprint density at radius 1 is 0.875 bits per heavy atom. The van der Waals surface area contributed by atoms with Crippen LogP contribution in [0.25, 0.3) is 0 Å². The van der Waals surface area contributed by atoms with E-state index in [9.17, 15) is 13.2 Å². The molecule has 1 fully saturated rings. The Kier molecular flexibility index (Phi) is 8.93. The summed E-state index contributed by atoms with van der Waals surface area (Å²) in [4.78, 5) is 6.73. The molecular weight excluding hydrogens is 417 g/mol. The standard InChI is InChI=1S/C24H31F3N4O/c1-28-23(29-14-19-4-8-21(9-5-19)16-31-12-2-3-13-31)30-15-20-6-10-22(11-7-20)17-32-18-24(25,26)27/h4-11H,2-3,12-18H2,1H3,(H2,28,29,30). The highest BCUT2D eigenvalue weighted by atomic mass is 19.4. The number of nitrogens with zero attached hydrogens (tertiary/aromatic N) is 2. The van der Waals surface area contributed by atoms with E-state index in [0.29, 0.717) is 24.6 Å². The zero-order valence-corrected chi connectivity index (χ0v) is 18.4. The minimum Gasteiger partial charge on any atom is -0.367 e. The number of nitrogens with one attached hydrogen (secondary N) is 2. The third kappa shape index (κ3) is 8.51. The molecule has 1 aliphatic heterocycles. The summed E-state index contributed by atoms with van der Waals surface area (Å²) in [5.41, 5.74) is 4.22. The third-order valence-corrected chi connectivity index (χ3v) is 5.33. The summed E-state index contributed by atoms with van der Waals surface area (Å²) in [6.07, 6.45) is -1.70. The Morgan fingerprint density at radius 3 is 1.88 bits per heavy atom. The lowest BCUT2D eigenvalue weighted by atomic mass is 10.1. The van der Waals surface area contributed by atoms with Gasteiger partial charge in [-0.15, -0.1) is 0 Å². The number of likely N-dealkylation sites (tertiary alicyclic amines) is 1. The van der Waals surface area contributed by atoms with Crippen LogP contribution in [-0.2, 0) is 31.0 Å². The first-order valence-electron chi connectivity index (χ1n) is 10.9. The molecule has 174 valence electrons. The molecule has 2 N–H and O–H groups in total. The normalized spacial score (nSPS) is 15.2. The number of benzene rings is 2. The average Bonchev–Trinajstić information content (AvgIpc) is 3.28. The van der Waals surface area contributed by atoms with Gasteiger partial charge in [0, 0.05) is 26.7 Å². The highest BCUT2D eigenvalue weighted by molar-refractivity contribution is 5.79. The minimum absolute atomic E-state index is 0.0622. The van der Waals surface area contributed by atoms with Gasteiger partial charge in [0.2, 0.25) is 0 Å². The fourth-order valence-corrected chi connectivity index (χ4v) is 3.59. The van der Waals surface area contributed by atoms with E-state index in [-0.39, 0.29) is 6.61 Å². The maximum atomic E-state index is 12.1. The highest BCUT2D eigenvalue weighted by Gasteiger charge is 2.27. The number of ether oxygens (including phenoxy) is 1. The summed E-state index contributed by atoms with van der Waals surface area (Å²) in [5, 5.41) is 6.55. The fraction of sp³-hybridized carbons (Fsp3) is 0.458. The first-order valence-corrected chi connectivity index (χ1v) is 10.9. The second-order valence-electron chi connectivity index (χ2n) is 8.00. The molecule has 2 aromatic rings. The van der Waals surface area contributed by atoms with Crippen molar-refractivity contribution in [2.45, 2.75) is 45.3 Å². The Bertz CT molecular complexity index is 845. The van der Waals surface area contributed by atoms with Gasteiger partial charge in [-0.05, 0) is 48.2 Å². The van der Waals surface area contributed by atoms with Gasteiger partial charge >= 0.3 is 6.18 Å². The van der Waals surface area contributed by atoms with E-state index in [0.717, 1.165) is 12.1 Å². The summed E-state index contributed by atoms with van der Waals surface area (Å²) in [6, 6.07) is 15.9. The van der Waals surface area contributed by atoms with Crippen molar-refractivity contribution in [1.29, 1.82) is 0 Å². The molecule has 5 nitrogen and oxygen atoms in total. The molecule has 1 saturated heterocycles. The molecule has 0 aromatic heterocycles. The van der Waals surface area contributed by atoms with E-state index in [2.05, 4.69) is 49.5 Å². The van der Waals surface area contributed by atoms with Crippen LogP contribution in [0.2, 0.25) is 0 Å². The van der Waals surface area contributed by atoms with E-state index >= 15 is 0 Å². The predicted octanol–water partition coefficient (Wildman–Crippen LogP) is 4.23. The number of hydrogen-bond acceptors (Lipinski definition) is 3. The highest BCUT2D eigenvalue weighted by Crippen LogP contribution is 2.16. The van der Waals surface area contributed by atoms with Crippen molar-refractivity contribution in [2.75, 3.05) is 26.7 Å². The number of rotatable bonds is 9. The number of guanidine groups is 1. The van der Waals surface area contributed by atoms with Crippen molar-refractivity contribution in [2.24, 2.45) is 4.99 Å². The van der Waals surface area contributed by atoms with Crippen molar-refractivity contribution >= 4 is 5.96 Å². The Balaban J connectivity index is 1.39. The van der Waals surface area contributed by atoms with Crippen LogP contribution in [0.3, 0.4) is 0 Å². The molecule has 1 heterocycles. The Morgan fingerprint density at radius 2 is 1.38 bits per heavy atom. The van der Waals surface area contributed by atoms with Gasteiger partial charge in [0.25, 0.3) is 0 Å². The maximum Gasteiger partial charge on any atom is 0.411 e.